The summed E-state index contributed by atoms with van der Waals surface area (Å²) in [4.78, 5) is 29.6. The summed E-state index contributed by atoms with van der Waals surface area (Å²) in [6.07, 6.45) is 6.14. The Morgan fingerprint density at radius 2 is 1.62 bits per heavy atom. The maximum absolute atomic E-state index is 14.0. The molecule has 4 rings (SSSR count). The maximum atomic E-state index is 14.0. The van der Waals surface area contributed by atoms with Crippen LogP contribution in [0.1, 0.15) is 59.9 Å². The molecule has 0 unspecified atom stereocenters. The fourth-order valence-electron chi connectivity index (χ4n) is 5.16. The number of amides is 2. The third-order valence-corrected chi connectivity index (χ3v) is 7.74. The van der Waals surface area contributed by atoms with Crippen LogP contribution in [0, 0.1) is 13.8 Å². The molecule has 0 spiro atoms. The molecule has 1 saturated carbocycles. The van der Waals surface area contributed by atoms with Crippen LogP contribution in [0.15, 0.2) is 72.8 Å². The lowest BCUT2D eigenvalue weighted by atomic mass is 9.94. The summed E-state index contributed by atoms with van der Waals surface area (Å²) < 4.78 is 0. The first kappa shape index (κ1) is 26.9. The van der Waals surface area contributed by atoms with E-state index in [9.17, 15) is 9.59 Å². The molecule has 5 heteroatoms. The highest BCUT2D eigenvalue weighted by atomic mass is 35.5. The number of hydrogen-bond donors (Lipinski definition) is 1. The third kappa shape index (κ3) is 7.45. The Labute approximate surface area is 226 Å². The van der Waals surface area contributed by atoms with E-state index in [1.54, 1.807) is 4.90 Å². The van der Waals surface area contributed by atoms with Gasteiger partial charge in [-0.15, -0.1) is 0 Å². The van der Waals surface area contributed by atoms with Crippen LogP contribution in [0.5, 0.6) is 0 Å². The minimum absolute atomic E-state index is 0.0756. The summed E-state index contributed by atoms with van der Waals surface area (Å²) >= 11 is 6.54. The van der Waals surface area contributed by atoms with E-state index >= 15 is 0 Å². The van der Waals surface area contributed by atoms with Crippen molar-refractivity contribution in [2.45, 2.75) is 77.4 Å². The Bertz CT molecular complexity index is 1200. The molecular weight excluding hydrogens is 480 g/mol. The first-order valence-electron chi connectivity index (χ1n) is 13.3. The topological polar surface area (TPSA) is 49.4 Å². The molecule has 2 amide bonds. The molecule has 194 valence electrons. The molecule has 0 heterocycles. The molecule has 1 aliphatic carbocycles. The highest BCUT2D eigenvalue weighted by molar-refractivity contribution is 6.31. The summed E-state index contributed by atoms with van der Waals surface area (Å²) in [7, 11) is 0. The zero-order valence-electron chi connectivity index (χ0n) is 21.9. The van der Waals surface area contributed by atoms with E-state index in [1.165, 1.54) is 6.42 Å². The summed E-state index contributed by atoms with van der Waals surface area (Å²) in [6.45, 7) is 4.33. The molecule has 0 bridgehead atoms. The minimum atomic E-state index is -0.641. The van der Waals surface area contributed by atoms with Gasteiger partial charge in [-0.25, -0.2) is 0 Å². The van der Waals surface area contributed by atoms with Crippen molar-refractivity contribution in [1.82, 2.24) is 10.2 Å². The molecule has 0 radical (unpaired) electrons. The van der Waals surface area contributed by atoms with Gasteiger partial charge < -0.3 is 10.2 Å². The number of aryl methyl sites for hydroxylation is 2. The average Bonchev–Trinajstić information content (AvgIpc) is 2.90. The van der Waals surface area contributed by atoms with E-state index in [4.69, 9.17) is 11.6 Å². The Hall–Kier alpha value is -3.11. The van der Waals surface area contributed by atoms with E-state index in [-0.39, 0.29) is 30.8 Å². The van der Waals surface area contributed by atoms with Crippen LogP contribution in [-0.4, -0.2) is 28.8 Å². The molecule has 1 N–H and O–H groups in total. The zero-order chi connectivity index (χ0) is 26.2. The quantitative estimate of drug-likeness (QED) is 0.349. The van der Waals surface area contributed by atoms with Crippen molar-refractivity contribution >= 4 is 23.4 Å². The zero-order valence-corrected chi connectivity index (χ0v) is 22.6. The first-order chi connectivity index (χ1) is 17.9. The number of carbonyl (C=O) groups is 2. The summed E-state index contributed by atoms with van der Waals surface area (Å²) in [5.41, 5.74) is 5.03. The van der Waals surface area contributed by atoms with Crippen LogP contribution in [0.25, 0.3) is 0 Å². The van der Waals surface area contributed by atoms with Gasteiger partial charge in [0.1, 0.15) is 6.04 Å². The van der Waals surface area contributed by atoms with Crippen molar-refractivity contribution in [3.05, 3.63) is 106 Å². The van der Waals surface area contributed by atoms with Crippen molar-refractivity contribution in [3.8, 4) is 0 Å². The van der Waals surface area contributed by atoms with Crippen LogP contribution in [0.4, 0.5) is 0 Å². The Morgan fingerprint density at radius 3 is 2.35 bits per heavy atom. The Balaban J connectivity index is 1.68. The van der Waals surface area contributed by atoms with Crippen molar-refractivity contribution in [1.29, 1.82) is 0 Å². The van der Waals surface area contributed by atoms with Crippen molar-refractivity contribution in [3.63, 3.8) is 0 Å². The number of hydrogen-bond acceptors (Lipinski definition) is 2. The monoisotopic (exact) mass is 516 g/mol. The molecule has 0 saturated heterocycles. The molecule has 3 aromatic rings. The molecular formula is C32H37ClN2O2. The lowest BCUT2D eigenvalue weighted by Gasteiger charge is -2.34. The third-order valence-electron chi connectivity index (χ3n) is 7.37. The van der Waals surface area contributed by atoms with Crippen molar-refractivity contribution in [2.24, 2.45) is 0 Å². The maximum Gasteiger partial charge on any atom is 0.243 e. The summed E-state index contributed by atoms with van der Waals surface area (Å²) in [5.74, 6) is -0.162. The fourth-order valence-corrected chi connectivity index (χ4v) is 5.36. The average molecular weight is 517 g/mol. The second-order valence-corrected chi connectivity index (χ2v) is 10.7. The lowest BCUT2D eigenvalue weighted by Crippen LogP contribution is -2.53. The van der Waals surface area contributed by atoms with Crippen LogP contribution >= 0.6 is 11.6 Å². The Morgan fingerprint density at radius 1 is 0.919 bits per heavy atom. The summed E-state index contributed by atoms with van der Waals surface area (Å²) in [5, 5.41) is 3.89. The number of rotatable bonds is 9. The van der Waals surface area contributed by atoms with E-state index in [2.05, 4.69) is 17.4 Å². The number of halogens is 1. The molecule has 0 aliphatic heterocycles. The van der Waals surface area contributed by atoms with Crippen LogP contribution < -0.4 is 5.32 Å². The van der Waals surface area contributed by atoms with Gasteiger partial charge in [0.25, 0.3) is 0 Å². The van der Waals surface area contributed by atoms with Crippen LogP contribution in [0.3, 0.4) is 0 Å². The standard InChI is InChI=1S/C32H37ClN2O2/c1-23-17-18-24(2)27(19-23)21-31(36)35(22-26-13-9-10-16-29(26)33)30(20-25-11-5-3-6-12-25)32(37)34-28-14-7-4-8-15-28/h3,5-6,9-13,16-19,28,30H,4,7-8,14-15,20-22H2,1-2H3,(H,34,37)/t30-/m1/s1. The predicted molar refractivity (Wildman–Crippen MR) is 151 cm³/mol. The van der Waals surface area contributed by atoms with Gasteiger partial charge in [0.2, 0.25) is 11.8 Å². The van der Waals surface area contributed by atoms with Gasteiger partial charge >= 0.3 is 0 Å². The molecule has 3 aromatic carbocycles. The van der Waals surface area contributed by atoms with Crippen molar-refractivity contribution in [2.75, 3.05) is 0 Å². The van der Waals surface area contributed by atoms with Gasteiger partial charge in [0.15, 0.2) is 0 Å². The number of benzene rings is 3. The van der Waals surface area contributed by atoms with E-state index in [0.717, 1.165) is 53.5 Å². The molecule has 1 atom stereocenters. The van der Waals surface area contributed by atoms with Crippen LogP contribution in [0.2, 0.25) is 5.02 Å². The molecule has 1 fully saturated rings. The summed E-state index contributed by atoms with van der Waals surface area (Å²) in [6, 6.07) is 23.2. The van der Waals surface area contributed by atoms with Gasteiger partial charge in [-0.05, 0) is 55.0 Å². The Kier molecular flexibility index (Phi) is 9.40. The molecule has 0 aromatic heterocycles. The second-order valence-electron chi connectivity index (χ2n) is 10.3. The van der Waals surface area contributed by atoms with Crippen molar-refractivity contribution < 1.29 is 9.59 Å². The number of carbonyl (C=O) groups excluding carboxylic acids is 2. The molecule has 1 aliphatic rings. The van der Waals surface area contributed by atoms with Gasteiger partial charge in [0.05, 0.1) is 6.42 Å². The van der Waals surface area contributed by atoms with E-state index < -0.39 is 6.04 Å². The smallest absolute Gasteiger partial charge is 0.243 e. The number of nitrogens with zero attached hydrogens (tertiary/aromatic N) is 1. The van der Waals surface area contributed by atoms with Gasteiger partial charge in [-0.3, -0.25) is 9.59 Å². The predicted octanol–water partition coefficient (Wildman–Crippen LogP) is 6.59. The fraction of sp³-hybridized carbons (Fsp3) is 0.375. The van der Waals surface area contributed by atoms with Gasteiger partial charge in [-0.2, -0.15) is 0 Å². The van der Waals surface area contributed by atoms with E-state index in [1.807, 2.05) is 74.5 Å². The minimum Gasteiger partial charge on any atom is -0.352 e. The lowest BCUT2D eigenvalue weighted by molar-refractivity contribution is -0.141. The number of nitrogens with one attached hydrogen (secondary N) is 1. The SMILES string of the molecule is Cc1ccc(C)c(CC(=O)N(Cc2ccccc2Cl)[C@H](Cc2ccccc2)C(=O)NC2CCCCC2)c1. The largest absolute Gasteiger partial charge is 0.352 e. The van der Waals surface area contributed by atoms with Gasteiger partial charge in [-0.1, -0.05) is 103 Å². The normalized spacial score (nSPS) is 14.7. The van der Waals surface area contributed by atoms with Crippen LogP contribution in [-0.2, 0) is 29.0 Å². The van der Waals surface area contributed by atoms with Gasteiger partial charge in [0, 0.05) is 24.0 Å². The highest BCUT2D eigenvalue weighted by Crippen LogP contribution is 2.23. The highest BCUT2D eigenvalue weighted by Gasteiger charge is 2.32. The first-order valence-corrected chi connectivity index (χ1v) is 13.7. The molecule has 4 nitrogen and oxygen atoms in total. The second kappa shape index (κ2) is 12.9. The molecule has 37 heavy (non-hydrogen) atoms. The van der Waals surface area contributed by atoms with E-state index in [0.29, 0.717) is 11.4 Å².